The van der Waals surface area contributed by atoms with Crippen LogP contribution in [0, 0.1) is 35.5 Å². The van der Waals surface area contributed by atoms with Crippen molar-refractivity contribution in [1.82, 2.24) is 4.98 Å². The van der Waals surface area contributed by atoms with Gasteiger partial charge in [-0.25, -0.2) is 38.5 Å². The van der Waals surface area contributed by atoms with E-state index < -0.39 is 24.1 Å². The van der Waals surface area contributed by atoms with Crippen molar-refractivity contribution < 1.29 is 138 Å². The number of methoxy groups -OCH3 is 5. The van der Waals surface area contributed by atoms with Crippen LogP contribution in [0.3, 0.4) is 0 Å². The lowest BCUT2D eigenvalue weighted by molar-refractivity contribution is -0.151. The lowest BCUT2D eigenvalue weighted by atomic mass is 9.80. The van der Waals surface area contributed by atoms with Gasteiger partial charge in [-0.05, 0) is 290 Å². The number of carbonyl (C=O) groups excluding carboxylic acids is 12. The van der Waals surface area contributed by atoms with Gasteiger partial charge in [-0.15, -0.1) is 22.7 Å². The maximum atomic E-state index is 13.2. The Morgan fingerprint density at radius 1 is 0.340 bits per heavy atom. The van der Waals surface area contributed by atoms with Crippen LogP contribution in [-0.2, 0) is 105 Å². The highest BCUT2D eigenvalue weighted by molar-refractivity contribution is 7.22. The maximum absolute atomic E-state index is 13.2. The minimum Gasteiger partial charge on any atom is -0.497 e. The van der Waals surface area contributed by atoms with Crippen LogP contribution < -0.4 is 23.7 Å². The number of ether oxygens (including phenoxy) is 17. The summed E-state index contributed by atoms with van der Waals surface area (Å²) in [5, 5.41) is 2.77. The summed E-state index contributed by atoms with van der Waals surface area (Å²) in [4.78, 5) is 145. The molecule has 5 aliphatic carbocycles. The summed E-state index contributed by atoms with van der Waals surface area (Å²) in [5.74, 6) is 0.137. The first kappa shape index (κ1) is 121. The molecule has 0 aliphatic heterocycles. The van der Waals surface area contributed by atoms with Crippen molar-refractivity contribution in [2.45, 2.75) is 263 Å². The highest BCUT2D eigenvalue weighted by Gasteiger charge is 2.34. The Hall–Kier alpha value is -11.6. The molecule has 0 amide bonds. The minimum absolute atomic E-state index is 0.0139. The smallest absolute Gasteiger partial charge is 0.497 e. The second-order valence-corrected chi connectivity index (χ2v) is 37.5. The van der Waals surface area contributed by atoms with Crippen molar-refractivity contribution in [3.63, 3.8) is 0 Å². The second kappa shape index (κ2) is 71.8. The van der Waals surface area contributed by atoms with Crippen LogP contribution in [-0.4, -0.2) is 196 Å². The van der Waals surface area contributed by atoms with Gasteiger partial charge in [0.25, 0.3) is 0 Å². The predicted molar refractivity (Wildman–Crippen MR) is 551 cm³/mol. The van der Waals surface area contributed by atoms with Crippen LogP contribution in [0.15, 0.2) is 166 Å². The number of carbonyl (C=O) groups is 12. The molecule has 0 saturated heterocycles. The molecule has 5 aliphatic rings. The van der Waals surface area contributed by atoms with Gasteiger partial charge < -0.3 is 80.5 Å². The van der Waals surface area contributed by atoms with E-state index in [1.54, 1.807) is 114 Å². The minimum atomic E-state index is -0.775. The van der Waals surface area contributed by atoms with E-state index in [-0.39, 0.29) is 96.8 Å². The number of unbranched alkanes of at least 4 members (excludes halogenated alkanes) is 9. The molecule has 144 heavy (non-hydrogen) atoms. The molecule has 2 heterocycles. The summed E-state index contributed by atoms with van der Waals surface area (Å²) in [5.41, 5.74) is 2.98. The topological polar surface area (TPSA) is 375 Å². The van der Waals surface area contributed by atoms with E-state index in [9.17, 15) is 57.5 Å². The summed E-state index contributed by atoms with van der Waals surface area (Å²) in [6.45, 7) is 23.5. The highest BCUT2D eigenvalue weighted by atomic mass is 32.1. The summed E-state index contributed by atoms with van der Waals surface area (Å²) < 4.78 is 88.9. The number of rotatable bonds is 51. The predicted octanol–water partition coefficient (Wildman–Crippen LogP) is 22.7. The van der Waals surface area contributed by atoms with E-state index in [4.69, 9.17) is 85.5 Å². The summed E-state index contributed by atoms with van der Waals surface area (Å²) in [6.07, 6.45) is 39.1. The van der Waals surface area contributed by atoms with Crippen molar-refractivity contribution in [1.29, 1.82) is 0 Å². The van der Waals surface area contributed by atoms with E-state index in [0.29, 0.717) is 192 Å². The van der Waals surface area contributed by atoms with Crippen molar-refractivity contribution in [3.05, 3.63) is 171 Å². The Morgan fingerprint density at radius 3 is 1.12 bits per heavy atom. The number of ketones is 2. The molecule has 11 rings (SSSR count). The number of hydrogen-bond acceptors (Lipinski definition) is 32. The fraction of sp³-hybridized carbons (Fsp3) is 0.545. The molecule has 0 bridgehead atoms. The lowest BCUT2D eigenvalue weighted by Gasteiger charge is -2.27. The largest absolute Gasteiger partial charge is 0.513 e. The SMILES string of the molecule is C=CC(=O)OCCCCCCC1CCC(OC)CC1.C=CC(=O)OCCCCCCOC1CCC(OC)CC1.C=CC(=O)OCCCCOC(=O)C1CCC(OC)CC1.C=CC(=O)OCCCCOC(=O)Oc1ccc(OC)cc1.C=CC(=O)OCCCCOC(=O)c1ccc(OC)cc1.CC(=O)C1CCC(C(=O)Oc2ccc(OC(=O)C3CCC(C(C)=O)CC3)c3sc(-c4ccc(-c5cccs5)cc4)nc23)CC1. The first-order valence-electron chi connectivity index (χ1n) is 50.4. The molecular formula is C112H151NO29S2. The quantitative estimate of drug-likeness (QED) is 0.00854. The molecule has 2 aromatic heterocycles. The average Bonchev–Trinajstić information content (AvgIpc) is 1.58. The zero-order chi connectivity index (χ0) is 104. The molecule has 6 aromatic rings. The molecule has 30 nitrogen and oxygen atoms in total. The standard InChI is InChI=1S/C35H35NO6S2.C16H28O4.C16H28O3.C15H18O6.C15H24O5.C15H18O5/c1-20(37)22-5-13-26(14-6-22)34(39)41-28-17-18-29(42-35(40)27-15-7-23(8-16-27)21(2)38)32-31(28)36-33(44-32)25-11-9-24(10-12-25)30-4-3-19-43-30;1-3-16(17)20-13-7-5-4-6-12-19-15-10-8-14(18-2)9-11-15;1-3-16(17)19-13-7-5-4-6-8-14-9-11-15(18-2)12-10-14;1-3-14(16)19-10-4-5-11-20-15(17)21-13-8-6-12(18-2)7-9-13;2*1-3-14(16)19-10-4-5-11-20-15(17)12-6-8-13(18-2)9-7-12/h3-4,9-12,17-19,22-23,26-27H,5-8,13-16H2,1-2H3;3,14-15H,1,4-13H2,2H3;3,14-15H,1,4-13H2,2H3;3,6-9H,1,4-5,10-11H2,2H3;3,12-13H,1,4-11H2,2H3;3,6-9H,1,4-5,10-11H2,2H3. The van der Waals surface area contributed by atoms with Gasteiger partial charge in [0.1, 0.15) is 44.0 Å². The van der Waals surface area contributed by atoms with Crippen LogP contribution in [0.2, 0.25) is 0 Å². The monoisotopic (exact) mass is 2040 g/mol. The van der Waals surface area contributed by atoms with Crippen molar-refractivity contribution in [2.24, 2.45) is 35.5 Å². The van der Waals surface area contributed by atoms with Crippen LogP contribution >= 0.6 is 22.7 Å². The third-order valence-corrected chi connectivity index (χ3v) is 27.4. The molecule has 0 atom stereocenters. The number of aromatic nitrogens is 1. The third kappa shape index (κ3) is 48.4. The number of benzene rings is 4. The zero-order valence-corrected chi connectivity index (χ0v) is 86.9. The van der Waals surface area contributed by atoms with E-state index >= 15 is 0 Å². The molecule has 0 radical (unpaired) electrons. The number of hydrogen-bond donors (Lipinski definition) is 0. The van der Waals surface area contributed by atoms with Crippen molar-refractivity contribution in [2.75, 3.05) is 95.0 Å². The average molecular weight is 2040 g/mol. The van der Waals surface area contributed by atoms with Gasteiger partial charge in [-0.3, -0.25) is 24.0 Å². The van der Waals surface area contributed by atoms with E-state index in [1.165, 1.54) is 73.3 Å². The molecule has 0 spiro atoms. The fourth-order valence-corrected chi connectivity index (χ4v) is 18.4. The number of thiophene rings is 1. The normalized spacial score (nSPS) is 18.7. The van der Waals surface area contributed by atoms with Gasteiger partial charge >= 0.3 is 59.9 Å². The molecular weight excluding hydrogens is 1890 g/mol. The molecule has 790 valence electrons. The first-order valence-corrected chi connectivity index (χ1v) is 52.1. The van der Waals surface area contributed by atoms with Gasteiger partial charge in [-0.2, -0.15) is 0 Å². The molecule has 0 N–H and O–H groups in total. The Balaban J connectivity index is 0.000000276. The third-order valence-electron chi connectivity index (χ3n) is 25.4. The van der Waals surface area contributed by atoms with Crippen LogP contribution in [0.5, 0.6) is 28.7 Å². The Morgan fingerprint density at radius 2 is 0.694 bits per heavy atom. The molecule has 32 heteroatoms. The summed E-state index contributed by atoms with van der Waals surface area (Å²) >= 11 is 3.07. The lowest BCUT2D eigenvalue weighted by Crippen LogP contribution is -2.28. The maximum Gasteiger partial charge on any atom is 0.513 e. The highest BCUT2D eigenvalue weighted by Crippen LogP contribution is 2.44. The van der Waals surface area contributed by atoms with Gasteiger partial charge in [0.15, 0.2) is 11.5 Å². The van der Waals surface area contributed by atoms with Crippen LogP contribution in [0.25, 0.3) is 31.2 Å². The summed E-state index contributed by atoms with van der Waals surface area (Å²) in [7, 11) is 8.44. The molecule has 0 unspecified atom stereocenters. The number of esters is 9. The Bertz CT molecular complexity index is 4750. The second-order valence-electron chi connectivity index (χ2n) is 35.6. The summed E-state index contributed by atoms with van der Waals surface area (Å²) in [6, 6.07) is 28.9. The zero-order valence-electron chi connectivity index (χ0n) is 85.2. The molecule has 5 saturated carbocycles. The molecule has 4 aromatic carbocycles. The van der Waals surface area contributed by atoms with E-state index in [1.807, 2.05) is 30.7 Å². The van der Waals surface area contributed by atoms with Crippen molar-refractivity contribution in [3.8, 4) is 49.8 Å². The van der Waals surface area contributed by atoms with Gasteiger partial charge in [0, 0.05) is 80.6 Å². The van der Waals surface area contributed by atoms with Crippen LogP contribution in [0.4, 0.5) is 4.79 Å². The fourth-order valence-electron chi connectivity index (χ4n) is 16.6. The Labute approximate surface area is 857 Å². The van der Waals surface area contributed by atoms with Crippen LogP contribution in [0.1, 0.15) is 249 Å². The Kier molecular flexibility index (Phi) is 60.4. The number of fused-ring (bicyclic) bond motifs is 1. The number of thiazole rings is 1. The van der Waals surface area contributed by atoms with E-state index in [2.05, 4.69) is 51.1 Å². The van der Waals surface area contributed by atoms with Gasteiger partial charge in [0.2, 0.25) is 0 Å². The van der Waals surface area contributed by atoms with E-state index in [0.717, 1.165) is 137 Å². The molecule has 5 fully saturated rings. The van der Waals surface area contributed by atoms with Crippen molar-refractivity contribution >= 4 is 104 Å². The number of nitrogens with zero attached hydrogens (tertiary/aromatic N) is 1. The van der Waals surface area contributed by atoms with Gasteiger partial charge in [0.05, 0.1) is 115 Å². The van der Waals surface area contributed by atoms with Gasteiger partial charge in [-0.1, -0.05) is 95.3 Å². The number of Topliss-reactive ketones (excluding diaryl/α,β-unsaturated/α-hetero) is 2. The first-order chi connectivity index (χ1) is 69.8.